The Bertz CT molecular complexity index is 562. The number of benzene rings is 1. The van der Waals surface area contributed by atoms with E-state index in [0.29, 0.717) is 6.54 Å². The van der Waals surface area contributed by atoms with Crippen LogP contribution in [-0.4, -0.2) is 11.5 Å². The molecule has 19 heavy (non-hydrogen) atoms. The third-order valence-corrected chi connectivity index (χ3v) is 3.42. The van der Waals surface area contributed by atoms with E-state index in [1.807, 2.05) is 6.92 Å². The van der Waals surface area contributed by atoms with Crippen molar-refractivity contribution in [3.63, 3.8) is 0 Å². The molecule has 4 nitrogen and oxygen atoms in total. The molecule has 1 aromatic heterocycles. The molecule has 0 unspecified atom stereocenters. The molecule has 1 aliphatic heterocycles. The first-order chi connectivity index (χ1) is 9.33. The molecule has 0 aliphatic carbocycles. The van der Waals surface area contributed by atoms with Gasteiger partial charge in [0.2, 0.25) is 5.89 Å². The van der Waals surface area contributed by atoms with E-state index < -0.39 is 0 Å². The van der Waals surface area contributed by atoms with Crippen LogP contribution in [0.25, 0.3) is 0 Å². The van der Waals surface area contributed by atoms with E-state index in [-0.39, 0.29) is 0 Å². The Balaban J connectivity index is 1.64. The van der Waals surface area contributed by atoms with Crippen LogP contribution < -0.4 is 10.6 Å². The Morgan fingerprint density at radius 1 is 1.37 bits per heavy atom. The molecule has 0 fully saturated rings. The second-order valence-electron chi connectivity index (χ2n) is 4.95. The highest BCUT2D eigenvalue weighted by atomic mass is 16.4. The lowest BCUT2D eigenvalue weighted by Crippen LogP contribution is -2.18. The van der Waals surface area contributed by atoms with E-state index in [0.717, 1.165) is 24.7 Å². The number of oxazole rings is 1. The van der Waals surface area contributed by atoms with Crippen LogP contribution in [0.3, 0.4) is 0 Å². The van der Waals surface area contributed by atoms with E-state index >= 15 is 0 Å². The second-order valence-corrected chi connectivity index (χ2v) is 4.95. The van der Waals surface area contributed by atoms with Gasteiger partial charge in [0.15, 0.2) is 0 Å². The Labute approximate surface area is 113 Å². The van der Waals surface area contributed by atoms with Gasteiger partial charge in [-0.3, -0.25) is 0 Å². The summed E-state index contributed by atoms with van der Waals surface area (Å²) >= 11 is 0. The average molecular weight is 257 g/mol. The van der Waals surface area contributed by atoms with Gasteiger partial charge in [-0.1, -0.05) is 18.2 Å². The van der Waals surface area contributed by atoms with Gasteiger partial charge in [-0.15, -0.1) is 0 Å². The first-order valence-electron chi connectivity index (χ1n) is 6.79. The zero-order valence-corrected chi connectivity index (χ0v) is 11.2. The van der Waals surface area contributed by atoms with Crippen molar-refractivity contribution in [1.29, 1.82) is 0 Å². The summed E-state index contributed by atoms with van der Waals surface area (Å²) in [7, 11) is 0. The number of para-hydroxylation sites is 1. The van der Waals surface area contributed by atoms with Crippen LogP contribution in [0.2, 0.25) is 0 Å². The van der Waals surface area contributed by atoms with E-state index in [1.165, 1.54) is 29.7 Å². The highest BCUT2D eigenvalue weighted by Gasteiger charge is 2.11. The molecule has 0 spiro atoms. The zero-order valence-electron chi connectivity index (χ0n) is 11.2. The molecule has 0 saturated carbocycles. The number of aromatic nitrogens is 1. The van der Waals surface area contributed by atoms with E-state index in [9.17, 15) is 0 Å². The van der Waals surface area contributed by atoms with Crippen LogP contribution in [0.5, 0.6) is 0 Å². The molecule has 2 aromatic rings. The van der Waals surface area contributed by atoms with Gasteiger partial charge in [-0.25, -0.2) is 4.98 Å². The maximum atomic E-state index is 5.44. The minimum Gasteiger partial charge on any atom is -0.445 e. The van der Waals surface area contributed by atoms with Crippen molar-refractivity contribution in [2.75, 3.05) is 11.9 Å². The number of rotatable bonds is 4. The normalized spacial score (nSPS) is 13.9. The van der Waals surface area contributed by atoms with Gasteiger partial charge in [0.1, 0.15) is 5.76 Å². The van der Waals surface area contributed by atoms with Gasteiger partial charge in [0.05, 0.1) is 12.7 Å². The number of fused-ring (bicyclic) bond motifs is 1. The molecule has 0 saturated heterocycles. The van der Waals surface area contributed by atoms with Gasteiger partial charge in [-0.05, 0) is 30.9 Å². The molecule has 0 amide bonds. The number of hydrogen-bond acceptors (Lipinski definition) is 4. The Kier molecular flexibility index (Phi) is 3.51. The van der Waals surface area contributed by atoms with Crippen LogP contribution in [0.4, 0.5) is 5.69 Å². The maximum Gasteiger partial charge on any atom is 0.208 e. The minimum absolute atomic E-state index is 0.664. The number of anilines is 1. The SMILES string of the molecule is Cc1cnc(CNCc2cccc3c2NCCC3)o1. The summed E-state index contributed by atoms with van der Waals surface area (Å²) in [5.74, 6) is 1.60. The molecular weight excluding hydrogens is 238 g/mol. The third kappa shape index (κ3) is 2.79. The van der Waals surface area contributed by atoms with Crippen molar-refractivity contribution < 1.29 is 4.42 Å². The van der Waals surface area contributed by atoms with Crippen LogP contribution in [0.1, 0.15) is 29.2 Å². The number of aryl methyl sites for hydroxylation is 2. The van der Waals surface area contributed by atoms with E-state index in [4.69, 9.17) is 4.42 Å². The van der Waals surface area contributed by atoms with E-state index in [2.05, 4.69) is 33.8 Å². The summed E-state index contributed by atoms with van der Waals surface area (Å²) < 4.78 is 5.44. The lowest BCUT2D eigenvalue weighted by molar-refractivity contribution is 0.449. The summed E-state index contributed by atoms with van der Waals surface area (Å²) in [5.41, 5.74) is 4.06. The standard InChI is InChI=1S/C15H19N3O/c1-11-8-18-14(19-11)10-16-9-13-5-2-4-12-6-3-7-17-15(12)13/h2,4-5,8,16-17H,3,6-7,9-10H2,1H3. The van der Waals surface area contributed by atoms with Gasteiger partial charge >= 0.3 is 0 Å². The zero-order chi connectivity index (χ0) is 13.1. The lowest BCUT2D eigenvalue weighted by atomic mass is 9.99. The molecule has 0 atom stereocenters. The topological polar surface area (TPSA) is 50.1 Å². The van der Waals surface area contributed by atoms with E-state index in [1.54, 1.807) is 6.20 Å². The highest BCUT2D eigenvalue weighted by Crippen LogP contribution is 2.25. The summed E-state index contributed by atoms with van der Waals surface area (Å²) in [6.07, 6.45) is 4.15. The molecule has 1 aliphatic rings. The fourth-order valence-electron chi connectivity index (χ4n) is 2.52. The molecular formula is C15H19N3O. The number of hydrogen-bond donors (Lipinski definition) is 2. The smallest absolute Gasteiger partial charge is 0.208 e. The first kappa shape index (κ1) is 12.2. The number of nitrogens with zero attached hydrogens (tertiary/aromatic N) is 1. The lowest BCUT2D eigenvalue weighted by Gasteiger charge is -2.21. The van der Waals surface area contributed by atoms with Crippen molar-refractivity contribution in [2.24, 2.45) is 0 Å². The van der Waals surface area contributed by atoms with Crippen molar-refractivity contribution >= 4 is 5.69 Å². The fourth-order valence-corrected chi connectivity index (χ4v) is 2.52. The highest BCUT2D eigenvalue weighted by molar-refractivity contribution is 5.59. The van der Waals surface area contributed by atoms with Crippen LogP contribution >= 0.6 is 0 Å². The molecule has 100 valence electrons. The summed E-state index contributed by atoms with van der Waals surface area (Å²) in [6, 6.07) is 6.52. The molecule has 0 radical (unpaired) electrons. The summed E-state index contributed by atoms with van der Waals surface area (Å²) in [4.78, 5) is 4.19. The average Bonchev–Trinajstić information content (AvgIpc) is 2.85. The molecule has 0 bridgehead atoms. The van der Waals surface area contributed by atoms with Crippen LogP contribution in [0, 0.1) is 6.92 Å². The number of nitrogens with one attached hydrogen (secondary N) is 2. The molecule has 3 rings (SSSR count). The van der Waals surface area contributed by atoms with Crippen LogP contribution in [-0.2, 0) is 19.5 Å². The Morgan fingerprint density at radius 3 is 3.16 bits per heavy atom. The Hall–Kier alpha value is -1.81. The summed E-state index contributed by atoms with van der Waals surface area (Å²) in [5, 5.41) is 6.89. The Morgan fingerprint density at radius 2 is 2.32 bits per heavy atom. The molecule has 2 N–H and O–H groups in total. The fraction of sp³-hybridized carbons (Fsp3) is 0.400. The van der Waals surface area contributed by atoms with Crippen molar-refractivity contribution in [2.45, 2.75) is 32.9 Å². The van der Waals surface area contributed by atoms with Gasteiger partial charge in [-0.2, -0.15) is 0 Å². The van der Waals surface area contributed by atoms with Gasteiger partial charge in [0.25, 0.3) is 0 Å². The molecule has 2 heterocycles. The summed E-state index contributed by atoms with van der Waals surface area (Å²) in [6.45, 7) is 4.48. The monoisotopic (exact) mass is 257 g/mol. The van der Waals surface area contributed by atoms with Crippen molar-refractivity contribution in [3.8, 4) is 0 Å². The largest absolute Gasteiger partial charge is 0.445 e. The quantitative estimate of drug-likeness (QED) is 0.884. The maximum absolute atomic E-state index is 5.44. The molecule has 4 heteroatoms. The van der Waals surface area contributed by atoms with Gasteiger partial charge in [0, 0.05) is 18.8 Å². The molecule has 1 aromatic carbocycles. The third-order valence-electron chi connectivity index (χ3n) is 3.42. The van der Waals surface area contributed by atoms with Crippen molar-refractivity contribution in [3.05, 3.63) is 47.2 Å². The predicted molar refractivity (Wildman–Crippen MR) is 75.0 cm³/mol. The first-order valence-corrected chi connectivity index (χ1v) is 6.79. The minimum atomic E-state index is 0.664. The predicted octanol–water partition coefficient (Wildman–Crippen LogP) is 2.63. The van der Waals surface area contributed by atoms with Gasteiger partial charge < -0.3 is 15.1 Å². The van der Waals surface area contributed by atoms with Crippen LogP contribution in [0.15, 0.2) is 28.8 Å². The van der Waals surface area contributed by atoms with Crippen molar-refractivity contribution in [1.82, 2.24) is 10.3 Å². The second kappa shape index (κ2) is 5.45.